The van der Waals surface area contributed by atoms with Gasteiger partial charge in [-0.05, 0) is 76.7 Å². The van der Waals surface area contributed by atoms with Crippen molar-refractivity contribution in [2.24, 2.45) is 0 Å². The maximum absolute atomic E-state index is 13.3. The van der Waals surface area contributed by atoms with Crippen LogP contribution in [0.25, 0.3) is 16.7 Å². The fourth-order valence-electron chi connectivity index (χ4n) is 5.31. The summed E-state index contributed by atoms with van der Waals surface area (Å²) < 4.78 is 29.2. The van der Waals surface area contributed by atoms with E-state index in [1.165, 1.54) is 5.69 Å². The first kappa shape index (κ1) is 25.6. The number of anilines is 4. The van der Waals surface area contributed by atoms with Crippen LogP contribution in [0.3, 0.4) is 0 Å². The van der Waals surface area contributed by atoms with E-state index in [-0.39, 0.29) is 0 Å². The predicted molar refractivity (Wildman–Crippen MR) is 158 cm³/mol. The first-order valence-electron chi connectivity index (χ1n) is 13.4. The van der Waals surface area contributed by atoms with Gasteiger partial charge in [0.05, 0.1) is 16.1 Å². The SMILES string of the molecule is CN1CCN(c2ccc(Nc3ncc4ccn(-c5cccc6c5CCN6S(=O)(=O)C(C)(C)C)c4n3)cc2)CC1. The zero-order chi connectivity index (χ0) is 27.4. The normalized spacial score (nSPS) is 16.6. The molecular formula is C29H35N7O2S. The molecule has 0 amide bonds. The van der Waals surface area contributed by atoms with E-state index in [4.69, 9.17) is 4.98 Å². The van der Waals surface area contributed by atoms with E-state index in [1.54, 1.807) is 25.1 Å². The number of sulfonamides is 1. The summed E-state index contributed by atoms with van der Waals surface area (Å²) in [5.74, 6) is 0.513. The minimum atomic E-state index is -3.49. The van der Waals surface area contributed by atoms with Crippen LogP contribution in [-0.2, 0) is 16.4 Å². The van der Waals surface area contributed by atoms with Gasteiger partial charge in [0.1, 0.15) is 5.65 Å². The van der Waals surface area contributed by atoms with Gasteiger partial charge in [-0.15, -0.1) is 0 Å². The number of hydrogen-bond acceptors (Lipinski definition) is 7. The van der Waals surface area contributed by atoms with E-state index < -0.39 is 14.8 Å². The fraction of sp³-hybridized carbons (Fsp3) is 0.379. The van der Waals surface area contributed by atoms with E-state index in [1.807, 2.05) is 41.2 Å². The summed E-state index contributed by atoms with van der Waals surface area (Å²) in [5, 5.41) is 4.27. The molecule has 2 aromatic carbocycles. The van der Waals surface area contributed by atoms with Crippen LogP contribution < -0.4 is 14.5 Å². The summed E-state index contributed by atoms with van der Waals surface area (Å²) >= 11 is 0. The molecule has 0 radical (unpaired) electrons. The first-order valence-corrected chi connectivity index (χ1v) is 14.8. The van der Waals surface area contributed by atoms with Crippen molar-refractivity contribution in [3.05, 3.63) is 66.5 Å². The van der Waals surface area contributed by atoms with Gasteiger partial charge in [-0.25, -0.2) is 13.4 Å². The van der Waals surface area contributed by atoms with Crippen LogP contribution in [0, 0.1) is 0 Å². The van der Waals surface area contributed by atoms with Gasteiger partial charge < -0.3 is 19.7 Å². The molecule has 1 saturated heterocycles. The molecule has 39 heavy (non-hydrogen) atoms. The Morgan fingerprint density at radius 1 is 0.897 bits per heavy atom. The molecule has 6 rings (SSSR count). The lowest BCUT2D eigenvalue weighted by molar-refractivity contribution is 0.313. The van der Waals surface area contributed by atoms with E-state index in [0.29, 0.717) is 18.9 Å². The summed E-state index contributed by atoms with van der Waals surface area (Å²) in [6.07, 6.45) is 4.44. The summed E-state index contributed by atoms with van der Waals surface area (Å²) in [6, 6.07) is 16.2. The molecule has 4 aromatic rings. The highest BCUT2D eigenvalue weighted by molar-refractivity contribution is 7.94. The largest absolute Gasteiger partial charge is 0.369 e. The Morgan fingerprint density at radius 2 is 1.62 bits per heavy atom. The van der Waals surface area contributed by atoms with Crippen molar-refractivity contribution in [3.63, 3.8) is 0 Å². The first-order chi connectivity index (χ1) is 18.6. The van der Waals surface area contributed by atoms with Crippen LogP contribution in [0.15, 0.2) is 60.9 Å². The van der Waals surface area contributed by atoms with Gasteiger partial charge in [0.25, 0.3) is 0 Å². The van der Waals surface area contributed by atoms with Gasteiger partial charge >= 0.3 is 0 Å². The number of piperazine rings is 1. The zero-order valence-electron chi connectivity index (χ0n) is 22.9. The van der Waals surface area contributed by atoms with E-state index in [9.17, 15) is 8.42 Å². The van der Waals surface area contributed by atoms with Crippen molar-refractivity contribution >= 4 is 44.1 Å². The Kier molecular flexibility index (Phi) is 6.27. The number of aromatic nitrogens is 3. The molecule has 0 spiro atoms. The number of nitrogens with zero attached hydrogens (tertiary/aromatic N) is 6. The third-order valence-electron chi connectivity index (χ3n) is 7.70. The summed E-state index contributed by atoms with van der Waals surface area (Å²) in [4.78, 5) is 14.1. The van der Waals surface area contributed by atoms with Gasteiger partial charge in [0, 0.05) is 67.4 Å². The molecule has 0 saturated carbocycles. The van der Waals surface area contributed by atoms with Crippen LogP contribution in [0.1, 0.15) is 26.3 Å². The molecule has 0 aliphatic carbocycles. The third-order valence-corrected chi connectivity index (χ3v) is 10.2. The van der Waals surface area contributed by atoms with E-state index in [2.05, 4.69) is 51.4 Å². The van der Waals surface area contributed by atoms with Crippen molar-refractivity contribution in [2.45, 2.75) is 31.9 Å². The lowest BCUT2D eigenvalue weighted by Crippen LogP contribution is -2.44. The van der Waals surface area contributed by atoms with Gasteiger partial charge in [0.2, 0.25) is 16.0 Å². The fourth-order valence-corrected chi connectivity index (χ4v) is 6.74. The number of rotatable bonds is 5. The third kappa shape index (κ3) is 4.61. The quantitative estimate of drug-likeness (QED) is 0.398. The predicted octanol–water partition coefficient (Wildman–Crippen LogP) is 4.41. The molecule has 0 atom stereocenters. The lowest BCUT2D eigenvalue weighted by Gasteiger charge is -2.34. The number of likely N-dealkylation sites (N-methyl/N-ethyl adjacent to an activating group) is 1. The van der Waals surface area contributed by atoms with Crippen molar-refractivity contribution in [3.8, 4) is 5.69 Å². The molecule has 0 unspecified atom stereocenters. The number of nitrogens with one attached hydrogen (secondary N) is 1. The van der Waals surface area contributed by atoms with Gasteiger partial charge in [0.15, 0.2) is 0 Å². The summed E-state index contributed by atoms with van der Waals surface area (Å²) in [5.41, 5.74) is 5.61. The molecule has 10 heteroatoms. The lowest BCUT2D eigenvalue weighted by atomic mass is 10.1. The minimum absolute atomic E-state index is 0.442. The molecule has 2 aromatic heterocycles. The van der Waals surface area contributed by atoms with Crippen molar-refractivity contribution in [2.75, 3.05) is 54.3 Å². The second-order valence-corrected chi connectivity index (χ2v) is 14.0. The Balaban J connectivity index is 1.28. The Hall–Kier alpha value is -3.63. The molecule has 1 N–H and O–H groups in total. The average Bonchev–Trinajstić information content (AvgIpc) is 3.54. The van der Waals surface area contributed by atoms with Gasteiger partial charge in [-0.3, -0.25) is 4.31 Å². The molecule has 204 valence electrons. The molecular weight excluding hydrogens is 510 g/mol. The topological polar surface area (TPSA) is 86.6 Å². The average molecular weight is 546 g/mol. The van der Waals surface area contributed by atoms with Crippen LogP contribution >= 0.6 is 0 Å². The standard InChI is InChI=1S/C29H35N7O2S/c1-29(2,3)39(37,38)36-15-13-24-25(6-5-7-26(24)36)35-14-12-21-20-30-28(32-27(21)35)31-22-8-10-23(11-9-22)34-18-16-33(4)17-19-34/h5-12,14,20H,13,15-19H2,1-4H3,(H,30,31,32). The van der Waals surface area contributed by atoms with E-state index >= 15 is 0 Å². The van der Waals surface area contributed by atoms with Crippen LogP contribution in [0.5, 0.6) is 0 Å². The van der Waals surface area contributed by atoms with Crippen LogP contribution in [0.4, 0.5) is 23.0 Å². The summed E-state index contributed by atoms with van der Waals surface area (Å²) in [6.45, 7) is 9.88. The zero-order valence-corrected chi connectivity index (χ0v) is 23.7. The Labute approximate surface area is 230 Å². The second kappa shape index (κ2) is 9.53. The molecule has 4 heterocycles. The van der Waals surface area contributed by atoms with Gasteiger partial charge in [-0.1, -0.05) is 6.07 Å². The number of benzene rings is 2. The highest BCUT2D eigenvalue weighted by Gasteiger charge is 2.39. The van der Waals surface area contributed by atoms with Crippen molar-refractivity contribution < 1.29 is 8.42 Å². The molecule has 1 fully saturated rings. The Bertz CT molecular complexity index is 1620. The minimum Gasteiger partial charge on any atom is -0.369 e. The van der Waals surface area contributed by atoms with Crippen molar-refractivity contribution in [1.29, 1.82) is 0 Å². The van der Waals surface area contributed by atoms with Crippen molar-refractivity contribution in [1.82, 2.24) is 19.4 Å². The van der Waals surface area contributed by atoms with Crippen LogP contribution in [-0.4, -0.2) is 72.4 Å². The van der Waals surface area contributed by atoms with E-state index in [0.717, 1.165) is 59.8 Å². The van der Waals surface area contributed by atoms with Crippen LogP contribution in [0.2, 0.25) is 0 Å². The highest BCUT2D eigenvalue weighted by atomic mass is 32.2. The summed E-state index contributed by atoms with van der Waals surface area (Å²) in [7, 11) is -1.33. The molecule has 2 aliphatic rings. The maximum atomic E-state index is 13.3. The highest BCUT2D eigenvalue weighted by Crippen LogP contribution is 2.38. The molecule has 0 bridgehead atoms. The smallest absolute Gasteiger partial charge is 0.240 e. The Morgan fingerprint density at radius 3 is 2.33 bits per heavy atom. The second-order valence-electron chi connectivity index (χ2n) is 11.3. The number of fused-ring (bicyclic) bond motifs is 2. The van der Waals surface area contributed by atoms with Gasteiger partial charge in [-0.2, -0.15) is 4.98 Å². The molecule has 2 aliphatic heterocycles. The monoisotopic (exact) mass is 545 g/mol. The number of hydrogen-bond donors (Lipinski definition) is 1. The maximum Gasteiger partial charge on any atom is 0.240 e. The molecule has 9 nitrogen and oxygen atoms in total.